The van der Waals surface area contributed by atoms with Gasteiger partial charge in [0.2, 0.25) is 17.7 Å². The Labute approximate surface area is 291 Å². The number of alkyl halides is 3. The van der Waals surface area contributed by atoms with Crippen molar-refractivity contribution in [1.29, 1.82) is 0 Å². The zero-order valence-corrected chi connectivity index (χ0v) is 28.1. The van der Waals surface area contributed by atoms with Crippen LogP contribution in [0.4, 0.5) is 5.69 Å². The number of benzene rings is 3. The molecular formula is C34H23BrCl3N3O6. The van der Waals surface area contributed by atoms with Crippen LogP contribution in [0.25, 0.3) is 22.6 Å². The number of oxazole rings is 1. The van der Waals surface area contributed by atoms with Crippen LogP contribution in [0.5, 0.6) is 5.75 Å². The topological polar surface area (TPSA) is 121 Å². The van der Waals surface area contributed by atoms with Crippen molar-refractivity contribution in [2.45, 2.75) is 28.5 Å². The van der Waals surface area contributed by atoms with Crippen molar-refractivity contribution in [3.63, 3.8) is 0 Å². The fraction of sp³-hybridized carbons (Fsp3) is 0.265. The number of phenolic OH excluding ortho intramolecular Hbond substituents is 1. The first kappa shape index (κ1) is 30.6. The van der Waals surface area contributed by atoms with Crippen molar-refractivity contribution in [1.82, 2.24) is 9.88 Å². The average molecular weight is 756 g/mol. The van der Waals surface area contributed by atoms with Gasteiger partial charge in [-0.3, -0.25) is 29.0 Å². The number of likely N-dealkylation sites (tertiary alicyclic amines) is 1. The van der Waals surface area contributed by atoms with Gasteiger partial charge in [-0.1, -0.05) is 57.4 Å². The largest absolute Gasteiger partial charge is 0.508 e. The fourth-order valence-electron chi connectivity index (χ4n) is 7.85. The molecule has 3 fully saturated rings. The maximum absolute atomic E-state index is 14.3. The third kappa shape index (κ3) is 4.11. The predicted molar refractivity (Wildman–Crippen MR) is 178 cm³/mol. The molecule has 0 bridgehead atoms. The number of carbonyl (C=O) groups is 4. The molecule has 47 heavy (non-hydrogen) atoms. The zero-order chi connectivity index (χ0) is 33.0. The number of allylic oxidation sites excluding steroid dienone is 2. The van der Waals surface area contributed by atoms with Gasteiger partial charge in [0, 0.05) is 16.5 Å². The van der Waals surface area contributed by atoms with Crippen LogP contribution in [-0.2, 0) is 19.2 Å². The van der Waals surface area contributed by atoms with Crippen LogP contribution >= 0.6 is 50.7 Å². The number of hydrogen-bond acceptors (Lipinski definition) is 7. The molecule has 0 radical (unpaired) electrons. The van der Waals surface area contributed by atoms with E-state index < -0.39 is 51.1 Å². The summed E-state index contributed by atoms with van der Waals surface area (Å²) in [5.41, 5.74) is 3.26. The normalized spacial score (nSPS) is 30.1. The number of halogens is 4. The Morgan fingerprint density at radius 2 is 1.70 bits per heavy atom. The van der Waals surface area contributed by atoms with Gasteiger partial charge in [0.15, 0.2) is 15.3 Å². The first-order chi connectivity index (χ1) is 22.5. The molecule has 2 saturated heterocycles. The van der Waals surface area contributed by atoms with Crippen LogP contribution in [-0.4, -0.2) is 53.8 Å². The molecule has 0 spiro atoms. The van der Waals surface area contributed by atoms with Gasteiger partial charge in [-0.25, -0.2) is 4.98 Å². The Morgan fingerprint density at radius 1 is 0.957 bits per heavy atom. The lowest BCUT2D eigenvalue weighted by atomic mass is 9.56. The molecule has 2 aliphatic heterocycles. The highest BCUT2D eigenvalue weighted by molar-refractivity contribution is 9.09. The smallest absolute Gasteiger partial charge is 0.254 e. The van der Waals surface area contributed by atoms with E-state index in [4.69, 9.17) is 39.2 Å². The highest BCUT2D eigenvalue weighted by Gasteiger charge is 2.76. The minimum Gasteiger partial charge on any atom is -0.508 e. The Kier molecular flexibility index (Phi) is 6.94. The van der Waals surface area contributed by atoms with Crippen LogP contribution in [0.15, 0.2) is 82.8 Å². The molecule has 1 saturated carbocycles. The minimum atomic E-state index is -1.99. The van der Waals surface area contributed by atoms with E-state index in [1.165, 1.54) is 17.0 Å². The van der Waals surface area contributed by atoms with Gasteiger partial charge in [-0.2, -0.15) is 0 Å². The second-order valence-electron chi connectivity index (χ2n) is 12.2. The van der Waals surface area contributed by atoms with Gasteiger partial charge in [0.05, 0.1) is 23.0 Å². The number of aromatic nitrogens is 1. The van der Waals surface area contributed by atoms with Gasteiger partial charge in [0.1, 0.15) is 11.3 Å². The number of hydrogen-bond donors (Lipinski definition) is 1. The van der Waals surface area contributed by atoms with Crippen molar-refractivity contribution in [2.75, 3.05) is 10.4 Å². The molecule has 13 heteroatoms. The highest BCUT2D eigenvalue weighted by atomic mass is 79.9. The maximum atomic E-state index is 14.3. The molecule has 3 aromatic carbocycles. The summed E-state index contributed by atoms with van der Waals surface area (Å²) in [7, 11) is 0. The van der Waals surface area contributed by atoms with Crippen molar-refractivity contribution in [3.05, 3.63) is 89.0 Å². The second kappa shape index (κ2) is 10.7. The lowest BCUT2D eigenvalue weighted by Crippen LogP contribution is -2.60. The standard InChI is InChI=1S/C34H23BrCl3N3O6/c35-15-40-31(45)33(37)14-22-19(27(34(33,38)32(40)46)20-10-9-18(42)13-23(20)36)11-12-21-26(22)30(44)41(29(21)43)17-7-5-16(6-8-17)28-39-24-3-1-2-4-25(24)47-28/h1-11,13,21-22,26-27,42H,12,14-15H2/t21-,22+,26-,27+,33+,34-/m0/s1. The number of phenols is 1. The summed E-state index contributed by atoms with van der Waals surface area (Å²) in [6, 6.07) is 18.5. The fourth-order valence-corrected chi connectivity index (χ4v) is 9.55. The van der Waals surface area contributed by atoms with E-state index in [0.29, 0.717) is 39.4 Å². The third-order valence-corrected chi connectivity index (χ3v) is 12.2. The number of rotatable bonds is 4. The van der Waals surface area contributed by atoms with E-state index in [2.05, 4.69) is 20.9 Å². The Balaban J connectivity index is 1.19. The van der Waals surface area contributed by atoms with E-state index in [1.807, 2.05) is 30.3 Å². The predicted octanol–water partition coefficient (Wildman–Crippen LogP) is 6.77. The van der Waals surface area contributed by atoms with E-state index in [-0.39, 0.29) is 35.0 Å². The second-order valence-corrected chi connectivity index (χ2v) is 14.4. The molecule has 3 heterocycles. The Morgan fingerprint density at radius 3 is 2.40 bits per heavy atom. The lowest BCUT2D eigenvalue weighted by molar-refractivity contribution is -0.138. The molecule has 0 unspecified atom stereocenters. The first-order valence-electron chi connectivity index (χ1n) is 14.8. The number of aromatic hydroxyl groups is 1. The molecule has 4 aromatic rings. The summed E-state index contributed by atoms with van der Waals surface area (Å²) in [5.74, 6) is -5.20. The molecule has 2 aliphatic carbocycles. The van der Waals surface area contributed by atoms with Crippen LogP contribution in [0.3, 0.4) is 0 Å². The lowest BCUT2D eigenvalue weighted by Gasteiger charge is -2.51. The molecule has 4 aliphatic rings. The van der Waals surface area contributed by atoms with E-state index in [0.717, 1.165) is 4.90 Å². The van der Waals surface area contributed by atoms with Crippen LogP contribution in [0, 0.1) is 17.8 Å². The first-order valence-corrected chi connectivity index (χ1v) is 17.1. The Bertz CT molecular complexity index is 2050. The summed E-state index contributed by atoms with van der Waals surface area (Å²) in [4.78, 5) is 58.7. The third-order valence-electron chi connectivity index (χ3n) is 9.98. The summed E-state index contributed by atoms with van der Waals surface area (Å²) < 4.78 is 5.87. The monoisotopic (exact) mass is 753 g/mol. The van der Waals surface area contributed by atoms with E-state index >= 15 is 0 Å². The van der Waals surface area contributed by atoms with Gasteiger partial charge < -0.3 is 9.52 Å². The van der Waals surface area contributed by atoms with Crippen LogP contribution < -0.4 is 4.90 Å². The number of fused-ring (bicyclic) bond motifs is 5. The van der Waals surface area contributed by atoms with Crippen molar-refractivity contribution >= 4 is 91.1 Å². The molecule has 4 amide bonds. The number of amides is 4. The van der Waals surface area contributed by atoms with Crippen LogP contribution in [0.1, 0.15) is 24.3 Å². The molecule has 238 valence electrons. The number of carbonyl (C=O) groups excluding carboxylic acids is 4. The quantitative estimate of drug-likeness (QED) is 0.106. The molecule has 1 aromatic heterocycles. The number of imide groups is 2. The van der Waals surface area contributed by atoms with E-state index in [1.54, 1.807) is 30.3 Å². The minimum absolute atomic E-state index is 0.102. The zero-order valence-electron chi connectivity index (χ0n) is 24.2. The summed E-state index contributed by atoms with van der Waals surface area (Å²) >= 11 is 24.4. The number of para-hydroxylation sites is 2. The molecular weight excluding hydrogens is 733 g/mol. The van der Waals surface area contributed by atoms with Gasteiger partial charge in [-0.15, -0.1) is 23.2 Å². The molecule has 8 rings (SSSR count). The van der Waals surface area contributed by atoms with Gasteiger partial charge in [-0.05, 0) is 72.9 Å². The average Bonchev–Trinajstić information content (AvgIpc) is 3.65. The van der Waals surface area contributed by atoms with Crippen molar-refractivity contribution in [3.8, 4) is 17.2 Å². The van der Waals surface area contributed by atoms with Crippen molar-refractivity contribution < 1.29 is 28.7 Å². The number of nitrogens with zero attached hydrogens (tertiary/aromatic N) is 3. The Hall–Kier alpha value is -3.70. The van der Waals surface area contributed by atoms with Gasteiger partial charge in [0.25, 0.3) is 11.8 Å². The highest BCUT2D eigenvalue weighted by Crippen LogP contribution is 2.66. The summed E-state index contributed by atoms with van der Waals surface area (Å²) in [5, 5.41) is 10.2. The number of anilines is 1. The summed E-state index contributed by atoms with van der Waals surface area (Å²) in [6.07, 6.45) is 1.89. The van der Waals surface area contributed by atoms with Crippen LogP contribution in [0.2, 0.25) is 5.02 Å². The molecule has 9 nitrogen and oxygen atoms in total. The molecule has 1 N–H and O–H groups in total. The molecule has 6 atom stereocenters. The van der Waals surface area contributed by atoms with E-state index in [9.17, 15) is 24.3 Å². The summed E-state index contributed by atoms with van der Waals surface area (Å²) in [6.45, 7) is 0. The van der Waals surface area contributed by atoms with Crippen molar-refractivity contribution in [2.24, 2.45) is 17.8 Å². The maximum Gasteiger partial charge on any atom is 0.254 e. The van der Waals surface area contributed by atoms with Gasteiger partial charge >= 0.3 is 0 Å². The SMILES string of the molecule is O=C1[C@H]2[C@H](CC=C3[C@H]2C[C@@]2(Cl)C(=O)N(CBr)C(=O)[C@@]2(Cl)[C@H]3c2ccc(O)cc2Cl)C(=O)N1c1ccc(-c2nc3ccccc3o2)cc1.